The van der Waals surface area contributed by atoms with Gasteiger partial charge in [0, 0.05) is 0 Å². The molecule has 0 atom stereocenters. The zero-order valence-electron chi connectivity index (χ0n) is 17.8. The van der Waals surface area contributed by atoms with Crippen LogP contribution in [0.15, 0.2) is 40.0 Å². The van der Waals surface area contributed by atoms with E-state index in [0.717, 1.165) is 31.3 Å². The number of methoxy groups -OCH3 is 2. The molecular weight excluding hydrogens is 556 g/mol. The van der Waals surface area contributed by atoms with E-state index in [1.165, 1.54) is 0 Å². The smallest absolute Gasteiger partial charge is 0.416 e. The van der Waals surface area contributed by atoms with Crippen molar-refractivity contribution in [3.8, 4) is 11.5 Å². The van der Waals surface area contributed by atoms with Gasteiger partial charge in [-0.3, -0.25) is 0 Å². The number of halogens is 7. The summed E-state index contributed by atoms with van der Waals surface area (Å²) in [6.07, 6.45) is -5.04. The van der Waals surface area contributed by atoms with E-state index in [0.29, 0.717) is 0 Å². The first kappa shape index (κ1) is 26.3. The maximum atomic E-state index is 14.4. The number of carbonyl (C=O) groups is 2. The summed E-state index contributed by atoms with van der Waals surface area (Å²) >= 11 is 2.87. The van der Waals surface area contributed by atoms with Crippen molar-refractivity contribution in [2.75, 3.05) is 32.5 Å². The molecule has 7 nitrogen and oxygen atoms in total. The molecule has 1 heterocycles. The number of alkyl halides is 3. The molecule has 0 unspecified atom stereocenters. The standard InChI is InChI=1S/C21H14BrF6NO6/c1-32-19(30)10-7-34-8-29(16(10)20(31)33-2)14-4-3-11(23)15(22)18(14)35-17-12(24)5-9(6-13(17)25)21(26,27)28/h3-6H,7-8H2,1-2H3. The van der Waals surface area contributed by atoms with E-state index in [9.17, 15) is 35.9 Å². The van der Waals surface area contributed by atoms with Gasteiger partial charge in [0.05, 0.1) is 42.1 Å². The predicted octanol–water partition coefficient (Wildman–Crippen LogP) is 5.07. The Morgan fingerprint density at radius 2 is 1.57 bits per heavy atom. The molecule has 0 N–H and O–H groups in total. The summed E-state index contributed by atoms with van der Waals surface area (Å²) in [4.78, 5) is 25.7. The first-order chi connectivity index (χ1) is 16.4. The Morgan fingerprint density at radius 1 is 0.971 bits per heavy atom. The van der Waals surface area contributed by atoms with Crippen molar-refractivity contribution < 1.29 is 54.9 Å². The van der Waals surface area contributed by atoms with Gasteiger partial charge < -0.3 is 23.8 Å². The zero-order chi connectivity index (χ0) is 26.1. The lowest BCUT2D eigenvalue weighted by molar-refractivity contribution is -0.140. The van der Waals surface area contributed by atoms with E-state index in [4.69, 9.17) is 14.2 Å². The van der Waals surface area contributed by atoms with Crippen LogP contribution < -0.4 is 9.64 Å². The largest absolute Gasteiger partial charge is 0.466 e. The number of nitrogens with zero attached hydrogens (tertiary/aromatic N) is 1. The second-order valence-electron chi connectivity index (χ2n) is 6.79. The molecule has 2 aromatic carbocycles. The van der Waals surface area contributed by atoms with E-state index < -0.39 is 69.5 Å². The minimum absolute atomic E-state index is 0.00440. The van der Waals surface area contributed by atoms with Crippen molar-refractivity contribution in [1.29, 1.82) is 0 Å². The van der Waals surface area contributed by atoms with Gasteiger partial charge in [0.15, 0.2) is 23.1 Å². The monoisotopic (exact) mass is 569 g/mol. The summed E-state index contributed by atoms with van der Waals surface area (Å²) in [5, 5.41) is 0. The van der Waals surface area contributed by atoms with Gasteiger partial charge in [-0.2, -0.15) is 13.2 Å². The molecule has 0 aromatic heterocycles. The van der Waals surface area contributed by atoms with Crippen LogP contribution in [0.5, 0.6) is 11.5 Å². The lowest BCUT2D eigenvalue weighted by Gasteiger charge is -2.32. The average Bonchev–Trinajstić information content (AvgIpc) is 2.81. The van der Waals surface area contributed by atoms with Crippen molar-refractivity contribution in [3.05, 3.63) is 63.0 Å². The van der Waals surface area contributed by atoms with Crippen LogP contribution in [-0.2, 0) is 30.0 Å². The molecule has 2 aromatic rings. The van der Waals surface area contributed by atoms with E-state index in [2.05, 4.69) is 20.7 Å². The summed E-state index contributed by atoms with van der Waals surface area (Å²) < 4.78 is 101. The molecule has 0 amide bonds. The average molecular weight is 570 g/mol. The van der Waals surface area contributed by atoms with Gasteiger partial charge >= 0.3 is 18.1 Å². The molecule has 0 saturated heterocycles. The number of rotatable bonds is 5. The minimum Gasteiger partial charge on any atom is -0.466 e. The van der Waals surface area contributed by atoms with E-state index in [1.807, 2.05) is 0 Å². The Morgan fingerprint density at radius 3 is 2.11 bits per heavy atom. The van der Waals surface area contributed by atoms with Crippen LogP contribution in [-0.4, -0.2) is 39.5 Å². The predicted molar refractivity (Wildman–Crippen MR) is 110 cm³/mol. The molecule has 3 rings (SSSR count). The summed E-state index contributed by atoms with van der Waals surface area (Å²) in [5.74, 6) is -8.35. The highest BCUT2D eigenvalue weighted by atomic mass is 79.9. The van der Waals surface area contributed by atoms with Gasteiger partial charge in [-0.15, -0.1) is 0 Å². The topological polar surface area (TPSA) is 74.3 Å². The number of carbonyl (C=O) groups excluding carboxylic acids is 2. The number of benzene rings is 2. The van der Waals surface area contributed by atoms with Gasteiger partial charge in [0.1, 0.15) is 18.2 Å². The quantitative estimate of drug-likeness (QED) is 0.367. The summed E-state index contributed by atoms with van der Waals surface area (Å²) in [6, 6.07) is 1.93. The lowest BCUT2D eigenvalue weighted by atomic mass is 10.1. The molecule has 14 heteroatoms. The third-order valence-corrected chi connectivity index (χ3v) is 5.42. The van der Waals surface area contributed by atoms with Crippen LogP contribution in [0.1, 0.15) is 5.56 Å². The fraction of sp³-hybridized carbons (Fsp3) is 0.238. The molecule has 0 aliphatic carbocycles. The zero-order valence-corrected chi connectivity index (χ0v) is 19.4. The van der Waals surface area contributed by atoms with Crippen molar-refractivity contribution in [2.24, 2.45) is 0 Å². The third kappa shape index (κ3) is 5.22. The first-order valence-corrected chi connectivity index (χ1v) is 10.2. The van der Waals surface area contributed by atoms with Crippen molar-refractivity contribution in [3.63, 3.8) is 0 Å². The van der Waals surface area contributed by atoms with Crippen LogP contribution in [0.2, 0.25) is 0 Å². The summed E-state index contributed by atoms with van der Waals surface area (Å²) in [7, 11) is 2.06. The van der Waals surface area contributed by atoms with Crippen LogP contribution in [0.25, 0.3) is 0 Å². The van der Waals surface area contributed by atoms with E-state index >= 15 is 0 Å². The minimum atomic E-state index is -5.04. The van der Waals surface area contributed by atoms with Crippen molar-refractivity contribution in [2.45, 2.75) is 6.18 Å². The molecule has 0 saturated carbocycles. The van der Waals surface area contributed by atoms with Crippen molar-refractivity contribution >= 4 is 33.6 Å². The summed E-state index contributed by atoms with van der Waals surface area (Å²) in [5.41, 5.74) is -2.55. The van der Waals surface area contributed by atoms with E-state index in [1.54, 1.807) is 0 Å². The van der Waals surface area contributed by atoms with Crippen LogP contribution in [0, 0.1) is 17.5 Å². The molecule has 0 radical (unpaired) electrons. The fourth-order valence-corrected chi connectivity index (χ4v) is 3.50. The molecule has 1 aliphatic heterocycles. The highest BCUT2D eigenvalue weighted by Crippen LogP contribution is 2.44. The van der Waals surface area contributed by atoms with Crippen LogP contribution in [0.3, 0.4) is 0 Å². The van der Waals surface area contributed by atoms with Crippen molar-refractivity contribution in [1.82, 2.24) is 0 Å². The molecule has 0 fully saturated rings. The molecule has 35 heavy (non-hydrogen) atoms. The SMILES string of the molecule is COC(=O)C1=C(C(=O)OC)N(c2ccc(F)c(Br)c2Oc2c(F)cc(C(F)(F)F)cc2F)COC1. The Labute approximate surface area is 201 Å². The van der Waals surface area contributed by atoms with Gasteiger partial charge in [-0.1, -0.05) is 0 Å². The number of hydrogen-bond acceptors (Lipinski definition) is 7. The maximum Gasteiger partial charge on any atom is 0.416 e. The Balaban J connectivity index is 2.20. The number of esters is 2. The Bertz CT molecular complexity index is 1190. The Hall–Kier alpha value is -3.26. The van der Waals surface area contributed by atoms with E-state index in [-0.39, 0.29) is 30.0 Å². The molecule has 0 bridgehead atoms. The number of anilines is 1. The van der Waals surface area contributed by atoms with Gasteiger partial charge in [0.25, 0.3) is 0 Å². The molecular formula is C21H14BrF6NO6. The molecule has 188 valence electrons. The second-order valence-corrected chi connectivity index (χ2v) is 7.59. The summed E-state index contributed by atoms with van der Waals surface area (Å²) in [6.45, 7) is -0.800. The Kier molecular flexibility index (Phi) is 7.65. The number of hydrogen-bond donors (Lipinski definition) is 0. The lowest BCUT2D eigenvalue weighted by Crippen LogP contribution is -2.39. The molecule has 1 aliphatic rings. The van der Waals surface area contributed by atoms with Gasteiger partial charge in [-0.25, -0.2) is 22.8 Å². The maximum absolute atomic E-state index is 14.4. The molecule has 0 spiro atoms. The second kappa shape index (κ2) is 10.2. The third-order valence-electron chi connectivity index (χ3n) is 4.68. The highest BCUT2D eigenvalue weighted by molar-refractivity contribution is 9.10. The van der Waals surface area contributed by atoms with Crippen LogP contribution >= 0.6 is 15.9 Å². The highest BCUT2D eigenvalue weighted by Gasteiger charge is 2.36. The fourth-order valence-electron chi connectivity index (χ4n) is 3.09. The first-order valence-electron chi connectivity index (χ1n) is 9.37. The van der Waals surface area contributed by atoms with Gasteiger partial charge in [0.2, 0.25) is 0 Å². The van der Waals surface area contributed by atoms with Gasteiger partial charge in [-0.05, 0) is 40.2 Å². The normalized spacial score (nSPS) is 14.1. The number of ether oxygens (including phenoxy) is 4. The van der Waals surface area contributed by atoms with Crippen LogP contribution in [0.4, 0.5) is 32.0 Å².